The summed E-state index contributed by atoms with van der Waals surface area (Å²) in [5, 5.41) is 23.2. The molecule has 1 amide bonds. The number of nitrogens with one attached hydrogen (secondary N) is 1. The topological polar surface area (TPSA) is 122 Å². The minimum atomic E-state index is -1.11. The Balaban J connectivity index is 1.68. The second-order valence-corrected chi connectivity index (χ2v) is 8.48. The quantitative estimate of drug-likeness (QED) is 0.338. The normalized spacial score (nSPS) is 14.3. The van der Waals surface area contributed by atoms with Gasteiger partial charge in [0.2, 0.25) is 0 Å². The van der Waals surface area contributed by atoms with E-state index in [4.69, 9.17) is 4.74 Å². The summed E-state index contributed by atoms with van der Waals surface area (Å²) in [6, 6.07) is 4.69. The van der Waals surface area contributed by atoms with Crippen LogP contribution >= 0.6 is 22.7 Å². The van der Waals surface area contributed by atoms with Crippen molar-refractivity contribution in [1.82, 2.24) is 0 Å². The van der Waals surface area contributed by atoms with Gasteiger partial charge in [-0.2, -0.15) is 5.26 Å². The number of esters is 1. The van der Waals surface area contributed by atoms with Crippen molar-refractivity contribution in [2.24, 2.45) is 0 Å². The van der Waals surface area contributed by atoms with Gasteiger partial charge in [0.05, 0.1) is 10.5 Å². The van der Waals surface area contributed by atoms with E-state index in [1.807, 2.05) is 0 Å². The lowest BCUT2D eigenvalue weighted by molar-refractivity contribution is -0.380. The van der Waals surface area contributed by atoms with Gasteiger partial charge in [-0.1, -0.05) is 17.8 Å². The molecule has 8 nitrogen and oxygen atoms in total. The standard InChI is InChI=1S/C18H17N3O5S2/c1-10(26-18(23)14-7-8-15(27-14)21(24)25)16(22)20-17-12(9-19)11-5-3-2-4-6-13(11)28-17/h7-8,10H,2-6H2,1H3,(H,20,22). The zero-order valence-corrected chi connectivity index (χ0v) is 16.7. The van der Waals surface area contributed by atoms with Crippen molar-refractivity contribution in [3.8, 4) is 6.07 Å². The van der Waals surface area contributed by atoms with Crippen molar-refractivity contribution in [3.63, 3.8) is 0 Å². The molecule has 0 radical (unpaired) electrons. The molecule has 1 N–H and O–H groups in total. The first-order chi connectivity index (χ1) is 13.4. The number of aryl methyl sites for hydroxylation is 1. The van der Waals surface area contributed by atoms with Crippen LogP contribution in [-0.2, 0) is 22.4 Å². The van der Waals surface area contributed by atoms with Crippen molar-refractivity contribution in [2.45, 2.75) is 45.1 Å². The fourth-order valence-electron chi connectivity index (χ4n) is 2.97. The van der Waals surface area contributed by atoms with Gasteiger partial charge in [-0.05, 0) is 44.2 Å². The Morgan fingerprint density at radius 1 is 1.29 bits per heavy atom. The third-order valence-corrected chi connectivity index (χ3v) is 6.62. The number of ether oxygens (including phenoxy) is 1. The first-order valence-corrected chi connectivity index (χ1v) is 10.3. The summed E-state index contributed by atoms with van der Waals surface area (Å²) < 4.78 is 5.12. The van der Waals surface area contributed by atoms with Crippen LogP contribution < -0.4 is 5.32 Å². The fraction of sp³-hybridized carbons (Fsp3) is 0.389. The van der Waals surface area contributed by atoms with Crippen molar-refractivity contribution in [2.75, 3.05) is 5.32 Å². The molecule has 2 heterocycles. The number of rotatable bonds is 5. The predicted octanol–water partition coefficient (Wildman–Crippen LogP) is 4.04. The van der Waals surface area contributed by atoms with E-state index in [1.165, 1.54) is 30.4 Å². The molecule has 10 heteroatoms. The van der Waals surface area contributed by atoms with E-state index >= 15 is 0 Å². The first-order valence-electron chi connectivity index (χ1n) is 8.71. The zero-order valence-electron chi connectivity index (χ0n) is 15.0. The van der Waals surface area contributed by atoms with Gasteiger partial charge in [0.25, 0.3) is 5.91 Å². The number of fused-ring (bicyclic) bond motifs is 1. The number of carbonyl (C=O) groups excluding carboxylic acids is 2. The highest BCUT2D eigenvalue weighted by molar-refractivity contribution is 7.17. The average molecular weight is 419 g/mol. The maximum absolute atomic E-state index is 12.4. The molecule has 1 aliphatic carbocycles. The molecule has 0 aromatic carbocycles. The first kappa shape index (κ1) is 20.0. The van der Waals surface area contributed by atoms with Crippen LogP contribution in [0.15, 0.2) is 12.1 Å². The molecule has 1 atom stereocenters. The molecule has 2 aromatic rings. The van der Waals surface area contributed by atoms with E-state index in [-0.39, 0.29) is 9.88 Å². The molecule has 1 unspecified atom stereocenters. The smallest absolute Gasteiger partial charge is 0.349 e. The molecule has 0 saturated carbocycles. The Hall–Kier alpha value is -2.77. The summed E-state index contributed by atoms with van der Waals surface area (Å²) >= 11 is 2.09. The van der Waals surface area contributed by atoms with Crippen LogP contribution in [0.25, 0.3) is 0 Å². The molecule has 0 aliphatic heterocycles. The molecule has 0 saturated heterocycles. The number of nitro groups is 1. The van der Waals surface area contributed by atoms with Crippen LogP contribution in [0.1, 0.15) is 51.9 Å². The summed E-state index contributed by atoms with van der Waals surface area (Å²) in [5.41, 5.74) is 1.50. The number of hydrogen-bond acceptors (Lipinski definition) is 8. The molecular formula is C18H17N3O5S2. The third-order valence-electron chi connectivity index (χ3n) is 4.40. The maximum Gasteiger partial charge on any atom is 0.349 e. The molecule has 0 fully saturated rings. The summed E-state index contributed by atoms with van der Waals surface area (Å²) in [7, 11) is 0. The molecule has 0 bridgehead atoms. The van der Waals surface area contributed by atoms with Gasteiger partial charge in [0.1, 0.15) is 15.9 Å². The van der Waals surface area contributed by atoms with Crippen molar-refractivity contribution in [3.05, 3.63) is 43.1 Å². The molecule has 28 heavy (non-hydrogen) atoms. The van der Waals surface area contributed by atoms with E-state index in [2.05, 4.69) is 11.4 Å². The lowest BCUT2D eigenvalue weighted by atomic mass is 10.1. The summed E-state index contributed by atoms with van der Waals surface area (Å²) in [5.74, 6) is -1.35. The predicted molar refractivity (Wildman–Crippen MR) is 105 cm³/mol. The minimum Gasteiger partial charge on any atom is -0.448 e. The van der Waals surface area contributed by atoms with Gasteiger partial charge in [0, 0.05) is 10.9 Å². The number of amides is 1. The number of nitrogens with zero attached hydrogens (tertiary/aromatic N) is 2. The van der Waals surface area contributed by atoms with E-state index < -0.39 is 22.9 Å². The fourth-order valence-corrected chi connectivity index (χ4v) is 4.92. The third kappa shape index (κ3) is 4.21. The molecule has 1 aliphatic rings. The van der Waals surface area contributed by atoms with Crippen LogP contribution in [0.4, 0.5) is 10.0 Å². The van der Waals surface area contributed by atoms with Gasteiger partial charge >= 0.3 is 11.0 Å². The molecule has 146 valence electrons. The Labute approximate surface area is 168 Å². The minimum absolute atomic E-state index is 0.0481. The Kier molecular flexibility index (Phi) is 6.06. The molecule has 3 rings (SSSR count). The number of anilines is 1. The SMILES string of the molecule is CC(OC(=O)c1ccc([N+](=O)[O-])s1)C(=O)Nc1sc2c(c1C#N)CCCCC2. The van der Waals surface area contributed by atoms with Crippen LogP contribution in [0.2, 0.25) is 0 Å². The number of carbonyl (C=O) groups is 2. The summed E-state index contributed by atoms with van der Waals surface area (Å²) in [6.45, 7) is 1.42. The van der Waals surface area contributed by atoms with Gasteiger partial charge < -0.3 is 10.1 Å². The highest BCUT2D eigenvalue weighted by Crippen LogP contribution is 2.37. The van der Waals surface area contributed by atoms with E-state index in [1.54, 1.807) is 0 Å². The van der Waals surface area contributed by atoms with Crippen LogP contribution in [0, 0.1) is 21.4 Å². The van der Waals surface area contributed by atoms with Crippen LogP contribution in [0.5, 0.6) is 0 Å². The Morgan fingerprint density at radius 2 is 2.04 bits per heavy atom. The van der Waals surface area contributed by atoms with E-state index in [0.717, 1.165) is 42.5 Å². The lowest BCUT2D eigenvalue weighted by Crippen LogP contribution is -2.29. The summed E-state index contributed by atoms with van der Waals surface area (Å²) in [4.78, 5) is 35.8. The zero-order chi connectivity index (χ0) is 20.3. The highest BCUT2D eigenvalue weighted by atomic mass is 32.1. The second kappa shape index (κ2) is 8.50. The van der Waals surface area contributed by atoms with E-state index in [9.17, 15) is 25.0 Å². The number of hydrogen-bond donors (Lipinski definition) is 1. The molecule has 0 spiro atoms. The number of nitriles is 1. The summed E-state index contributed by atoms with van der Waals surface area (Å²) in [6.07, 6.45) is 3.82. The largest absolute Gasteiger partial charge is 0.448 e. The maximum atomic E-state index is 12.4. The number of thiophene rings is 2. The van der Waals surface area contributed by atoms with Gasteiger partial charge in [-0.25, -0.2) is 4.79 Å². The van der Waals surface area contributed by atoms with Crippen LogP contribution in [0.3, 0.4) is 0 Å². The second-order valence-electron chi connectivity index (χ2n) is 6.31. The van der Waals surface area contributed by atoms with Crippen LogP contribution in [-0.4, -0.2) is 22.9 Å². The Bertz CT molecular complexity index is 973. The monoisotopic (exact) mass is 419 g/mol. The average Bonchev–Trinajstić information content (AvgIpc) is 3.21. The van der Waals surface area contributed by atoms with Crippen molar-refractivity contribution >= 4 is 44.6 Å². The van der Waals surface area contributed by atoms with Crippen molar-refractivity contribution < 1.29 is 19.2 Å². The van der Waals surface area contributed by atoms with Crippen molar-refractivity contribution in [1.29, 1.82) is 5.26 Å². The van der Waals surface area contributed by atoms with Gasteiger partial charge in [-0.15, -0.1) is 11.3 Å². The lowest BCUT2D eigenvalue weighted by Gasteiger charge is -2.12. The van der Waals surface area contributed by atoms with Gasteiger partial charge in [-0.3, -0.25) is 14.9 Å². The van der Waals surface area contributed by atoms with Gasteiger partial charge in [0.15, 0.2) is 6.10 Å². The Morgan fingerprint density at radius 3 is 2.71 bits per heavy atom. The molecule has 2 aromatic heterocycles. The molecular weight excluding hydrogens is 402 g/mol. The highest BCUT2D eigenvalue weighted by Gasteiger charge is 2.25. The van der Waals surface area contributed by atoms with E-state index in [0.29, 0.717) is 21.9 Å².